The number of carbonyl (C=O) groups excluding carboxylic acids is 2. The Hall–Kier alpha value is -1.85. The molecule has 0 saturated heterocycles. The number of imidazole rings is 1. The predicted octanol–water partition coefficient (Wildman–Crippen LogP) is 1.52. The zero-order valence-electron chi connectivity index (χ0n) is 12.9. The number of aromatic nitrogens is 2. The van der Waals surface area contributed by atoms with Gasteiger partial charge in [0.1, 0.15) is 17.3 Å². The quantitative estimate of drug-likeness (QED) is 0.849. The van der Waals surface area contributed by atoms with Crippen molar-refractivity contribution < 1.29 is 14.3 Å². The van der Waals surface area contributed by atoms with Crippen molar-refractivity contribution in [3.05, 3.63) is 18.2 Å². The van der Waals surface area contributed by atoms with Crippen LogP contribution in [0.15, 0.2) is 12.5 Å². The van der Waals surface area contributed by atoms with Crippen molar-refractivity contribution in [1.82, 2.24) is 14.9 Å². The van der Waals surface area contributed by atoms with Crippen LogP contribution in [0, 0.1) is 5.92 Å². The molecule has 6 heteroatoms. The SMILES string of the molecule is CC(C)[C@@H](NC(=O)c1cncn1C)C(=O)OC(C)(C)C. The smallest absolute Gasteiger partial charge is 0.329 e. The van der Waals surface area contributed by atoms with Gasteiger partial charge in [0, 0.05) is 7.05 Å². The summed E-state index contributed by atoms with van der Waals surface area (Å²) in [6.45, 7) is 9.11. The third-order valence-electron chi connectivity index (χ3n) is 2.66. The highest BCUT2D eigenvalue weighted by Gasteiger charge is 2.29. The van der Waals surface area contributed by atoms with Crippen molar-refractivity contribution >= 4 is 11.9 Å². The number of nitrogens with zero attached hydrogens (tertiary/aromatic N) is 2. The molecule has 1 amide bonds. The van der Waals surface area contributed by atoms with Gasteiger partial charge in [-0.25, -0.2) is 9.78 Å². The zero-order valence-corrected chi connectivity index (χ0v) is 12.9. The van der Waals surface area contributed by atoms with Gasteiger partial charge in [-0.1, -0.05) is 13.8 Å². The van der Waals surface area contributed by atoms with E-state index in [0.717, 1.165) is 0 Å². The van der Waals surface area contributed by atoms with Crippen molar-refractivity contribution in [2.45, 2.75) is 46.3 Å². The Kier molecular flexibility index (Phi) is 4.92. The molecule has 6 nitrogen and oxygen atoms in total. The number of hydrogen-bond acceptors (Lipinski definition) is 4. The van der Waals surface area contributed by atoms with E-state index in [1.54, 1.807) is 32.4 Å². The molecule has 1 aromatic rings. The highest BCUT2D eigenvalue weighted by Crippen LogP contribution is 2.13. The van der Waals surface area contributed by atoms with Crippen LogP contribution in [0.2, 0.25) is 0 Å². The summed E-state index contributed by atoms with van der Waals surface area (Å²) in [5, 5.41) is 2.71. The van der Waals surface area contributed by atoms with Crippen LogP contribution in [0.1, 0.15) is 45.1 Å². The van der Waals surface area contributed by atoms with Crippen molar-refractivity contribution in [1.29, 1.82) is 0 Å². The molecule has 112 valence electrons. The van der Waals surface area contributed by atoms with E-state index in [2.05, 4.69) is 10.3 Å². The van der Waals surface area contributed by atoms with E-state index < -0.39 is 17.6 Å². The van der Waals surface area contributed by atoms with Crippen molar-refractivity contribution in [3.63, 3.8) is 0 Å². The fourth-order valence-electron chi connectivity index (χ4n) is 1.65. The third kappa shape index (κ3) is 4.36. The summed E-state index contributed by atoms with van der Waals surface area (Å²) in [6, 6.07) is -0.684. The average Bonchev–Trinajstić information content (AvgIpc) is 2.69. The molecule has 0 saturated carbocycles. The van der Waals surface area contributed by atoms with Crippen LogP contribution in [0.3, 0.4) is 0 Å². The van der Waals surface area contributed by atoms with Crippen molar-refractivity contribution in [2.24, 2.45) is 13.0 Å². The molecule has 0 spiro atoms. The molecule has 1 rings (SSSR count). The first-order valence-electron chi connectivity index (χ1n) is 6.62. The Bertz CT molecular complexity index is 486. The number of hydrogen-bond donors (Lipinski definition) is 1. The zero-order chi connectivity index (χ0) is 15.5. The van der Waals surface area contributed by atoms with Gasteiger partial charge < -0.3 is 14.6 Å². The number of amides is 1. The third-order valence-corrected chi connectivity index (χ3v) is 2.66. The maximum Gasteiger partial charge on any atom is 0.329 e. The first-order valence-corrected chi connectivity index (χ1v) is 6.62. The van der Waals surface area contributed by atoms with Crippen molar-refractivity contribution in [2.75, 3.05) is 0 Å². The molecule has 1 N–H and O–H groups in total. The molecule has 1 heterocycles. The lowest BCUT2D eigenvalue weighted by Gasteiger charge is -2.26. The van der Waals surface area contributed by atoms with Crippen molar-refractivity contribution in [3.8, 4) is 0 Å². The standard InChI is InChI=1S/C14H23N3O3/c1-9(2)11(13(19)20-14(3,4)5)16-12(18)10-7-15-8-17(10)6/h7-9,11H,1-6H3,(H,16,18)/t11-/m1/s1. The molecule has 0 radical (unpaired) electrons. The Morgan fingerprint density at radius 1 is 1.35 bits per heavy atom. The fraction of sp³-hybridized carbons (Fsp3) is 0.643. The van der Waals surface area contributed by atoms with Gasteiger partial charge in [0.15, 0.2) is 0 Å². The van der Waals surface area contributed by atoms with E-state index in [-0.39, 0.29) is 11.8 Å². The molecule has 20 heavy (non-hydrogen) atoms. The first kappa shape index (κ1) is 16.2. The van der Waals surface area contributed by atoms with Crippen LogP contribution in [-0.2, 0) is 16.6 Å². The van der Waals surface area contributed by atoms with Crippen LogP contribution in [0.25, 0.3) is 0 Å². The molecular formula is C14H23N3O3. The highest BCUT2D eigenvalue weighted by atomic mass is 16.6. The summed E-state index contributed by atoms with van der Waals surface area (Å²) >= 11 is 0. The summed E-state index contributed by atoms with van der Waals surface area (Å²) in [5.41, 5.74) is -0.180. The highest BCUT2D eigenvalue weighted by molar-refractivity contribution is 5.95. The Morgan fingerprint density at radius 3 is 2.35 bits per heavy atom. The summed E-state index contributed by atoms with van der Waals surface area (Å²) in [6.07, 6.45) is 2.99. The second kappa shape index (κ2) is 6.07. The van der Waals surface area contributed by atoms with Crippen LogP contribution < -0.4 is 5.32 Å². The van der Waals surface area contributed by atoms with E-state index in [1.807, 2.05) is 13.8 Å². The van der Waals surface area contributed by atoms with Gasteiger partial charge in [0.05, 0.1) is 12.5 Å². The Morgan fingerprint density at radius 2 is 1.95 bits per heavy atom. The van der Waals surface area contributed by atoms with E-state index >= 15 is 0 Å². The largest absolute Gasteiger partial charge is 0.458 e. The lowest BCUT2D eigenvalue weighted by molar-refractivity contribution is -0.158. The van der Waals surface area contributed by atoms with Gasteiger partial charge >= 0.3 is 5.97 Å². The van der Waals surface area contributed by atoms with Crippen LogP contribution in [0.5, 0.6) is 0 Å². The summed E-state index contributed by atoms with van der Waals surface area (Å²) in [7, 11) is 1.72. The molecule has 0 aliphatic rings. The molecule has 0 bridgehead atoms. The number of carbonyl (C=O) groups is 2. The van der Waals surface area contributed by atoms with E-state index in [1.165, 1.54) is 12.5 Å². The predicted molar refractivity (Wildman–Crippen MR) is 75.1 cm³/mol. The first-order chi connectivity index (χ1) is 9.11. The number of rotatable bonds is 4. The lowest BCUT2D eigenvalue weighted by Crippen LogP contribution is -2.47. The van der Waals surface area contributed by atoms with Gasteiger partial charge in [-0.05, 0) is 26.7 Å². The molecule has 0 aliphatic carbocycles. The summed E-state index contributed by atoms with van der Waals surface area (Å²) in [4.78, 5) is 28.1. The van der Waals surface area contributed by atoms with Crippen LogP contribution in [0.4, 0.5) is 0 Å². The summed E-state index contributed by atoms with van der Waals surface area (Å²) in [5.74, 6) is -0.834. The van der Waals surface area contributed by atoms with Crippen LogP contribution in [-0.4, -0.2) is 33.1 Å². The number of aryl methyl sites for hydroxylation is 1. The second-order valence-electron chi connectivity index (χ2n) is 6.12. The van der Waals surface area contributed by atoms with E-state index in [0.29, 0.717) is 5.69 Å². The van der Waals surface area contributed by atoms with E-state index in [4.69, 9.17) is 4.74 Å². The molecule has 1 atom stereocenters. The van der Waals surface area contributed by atoms with Gasteiger partial charge in [-0.3, -0.25) is 4.79 Å². The molecule has 0 fully saturated rings. The maximum absolute atomic E-state index is 12.1. The van der Waals surface area contributed by atoms with Gasteiger partial charge in [0.25, 0.3) is 5.91 Å². The number of ether oxygens (including phenoxy) is 1. The molecule has 0 aliphatic heterocycles. The lowest BCUT2D eigenvalue weighted by atomic mass is 10.0. The minimum absolute atomic E-state index is 0.0676. The second-order valence-corrected chi connectivity index (χ2v) is 6.12. The Labute approximate surface area is 119 Å². The molecule has 0 unspecified atom stereocenters. The van der Waals surface area contributed by atoms with Gasteiger partial charge in [-0.2, -0.15) is 0 Å². The number of esters is 1. The fourth-order valence-corrected chi connectivity index (χ4v) is 1.65. The maximum atomic E-state index is 12.1. The van der Waals surface area contributed by atoms with E-state index in [9.17, 15) is 9.59 Å². The molecular weight excluding hydrogens is 258 g/mol. The minimum Gasteiger partial charge on any atom is -0.458 e. The topological polar surface area (TPSA) is 73.2 Å². The number of nitrogens with one attached hydrogen (secondary N) is 1. The monoisotopic (exact) mass is 281 g/mol. The minimum atomic E-state index is -0.684. The van der Waals surface area contributed by atoms with Gasteiger partial charge in [0.2, 0.25) is 0 Å². The Balaban J connectivity index is 2.81. The van der Waals surface area contributed by atoms with Gasteiger partial charge in [-0.15, -0.1) is 0 Å². The summed E-state index contributed by atoms with van der Waals surface area (Å²) < 4.78 is 6.93. The molecule has 0 aromatic carbocycles. The normalized spacial score (nSPS) is 13.2. The average molecular weight is 281 g/mol. The molecule has 1 aromatic heterocycles. The van der Waals surface area contributed by atoms with Crippen LogP contribution >= 0.6 is 0 Å².